The van der Waals surface area contributed by atoms with Gasteiger partial charge in [0.25, 0.3) is 0 Å². The standard InChI is InChI=1S/C22H23N3O3S/c23-22(26)21-15-24-11-12-25(21)29(27,28)20-9-6-16(7-10-20)13-17-5-8-18-3-1-2-4-19(18)14-17/h1-10,14,21,24H,11-13,15H2,(H2,23,26). The quantitative estimate of drug-likeness (QED) is 0.673. The Morgan fingerprint density at radius 3 is 2.41 bits per heavy atom. The fourth-order valence-corrected chi connectivity index (χ4v) is 5.31. The Hall–Kier alpha value is -2.74. The van der Waals surface area contributed by atoms with Gasteiger partial charge in [-0.05, 0) is 40.5 Å². The Balaban J connectivity index is 1.55. The van der Waals surface area contributed by atoms with Gasteiger partial charge in [-0.3, -0.25) is 4.79 Å². The van der Waals surface area contributed by atoms with E-state index in [2.05, 4.69) is 35.6 Å². The van der Waals surface area contributed by atoms with Gasteiger partial charge in [0.1, 0.15) is 6.04 Å². The van der Waals surface area contributed by atoms with Crippen LogP contribution in [0.15, 0.2) is 71.6 Å². The third-order valence-electron chi connectivity index (χ3n) is 5.27. The van der Waals surface area contributed by atoms with E-state index in [1.807, 2.05) is 24.3 Å². The van der Waals surface area contributed by atoms with Crippen molar-refractivity contribution in [3.8, 4) is 0 Å². The predicted octanol–water partition coefficient (Wildman–Crippen LogP) is 1.88. The Morgan fingerprint density at radius 2 is 1.69 bits per heavy atom. The zero-order chi connectivity index (χ0) is 20.4. The van der Waals surface area contributed by atoms with Crippen LogP contribution in [0.25, 0.3) is 10.8 Å². The molecule has 3 aromatic carbocycles. The number of rotatable bonds is 5. The van der Waals surface area contributed by atoms with Crippen LogP contribution in [0.4, 0.5) is 0 Å². The number of hydrogen-bond acceptors (Lipinski definition) is 4. The summed E-state index contributed by atoms with van der Waals surface area (Å²) in [5.74, 6) is -0.645. The second-order valence-electron chi connectivity index (χ2n) is 7.24. The molecule has 1 saturated heterocycles. The minimum atomic E-state index is -3.78. The summed E-state index contributed by atoms with van der Waals surface area (Å²) in [7, 11) is -3.78. The van der Waals surface area contributed by atoms with Crippen molar-refractivity contribution in [2.75, 3.05) is 19.6 Å². The minimum Gasteiger partial charge on any atom is -0.368 e. The lowest BCUT2D eigenvalue weighted by molar-refractivity contribution is -0.122. The van der Waals surface area contributed by atoms with E-state index in [1.54, 1.807) is 12.1 Å². The van der Waals surface area contributed by atoms with Crippen molar-refractivity contribution in [2.24, 2.45) is 5.73 Å². The van der Waals surface area contributed by atoms with Gasteiger partial charge in [-0.1, -0.05) is 54.6 Å². The molecule has 0 bridgehead atoms. The van der Waals surface area contributed by atoms with Crippen LogP contribution in [0.1, 0.15) is 11.1 Å². The molecule has 1 amide bonds. The summed E-state index contributed by atoms with van der Waals surface area (Å²) >= 11 is 0. The molecule has 29 heavy (non-hydrogen) atoms. The highest BCUT2D eigenvalue weighted by Gasteiger charge is 2.36. The lowest BCUT2D eigenvalue weighted by atomic mass is 10.0. The second-order valence-corrected chi connectivity index (χ2v) is 9.13. The zero-order valence-corrected chi connectivity index (χ0v) is 16.7. The normalized spacial score (nSPS) is 18.0. The maximum Gasteiger partial charge on any atom is 0.243 e. The molecule has 6 nitrogen and oxygen atoms in total. The average molecular weight is 410 g/mol. The van der Waals surface area contributed by atoms with E-state index < -0.39 is 22.0 Å². The monoisotopic (exact) mass is 409 g/mol. The third kappa shape index (κ3) is 4.03. The summed E-state index contributed by atoms with van der Waals surface area (Å²) in [6.07, 6.45) is 0.711. The molecule has 0 saturated carbocycles. The van der Waals surface area contributed by atoms with Crippen LogP contribution in [-0.4, -0.2) is 44.3 Å². The van der Waals surface area contributed by atoms with E-state index in [4.69, 9.17) is 5.73 Å². The molecule has 0 radical (unpaired) electrons. The highest BCUT2D eigenvalue weighted by atomic mass is 32.2. The first-order chi connectivity index (χ1) is 13.9. The third-order valence-corrected chi connectivity index (χ3v) is 7.20. The number of carbonyl (C=O) groups is 1. The molecule has 1 aliphatic rings. The van der Waals surface area contributed by atoms with Gasteiger partial charge in [0.2, 0.25) is 15.9 Å². The van der Waals surface area contributed by atoms with E-state index in [-0.39, 0.29) is 18.0 Å². The van der Waals surface area contributed by atoms with E-state index in [1.165, 1.54) is 15.1 Å². The van der Waals surface area contributed by atoms with Crippen molar-refractivity contribution in [1.29, 1.82) is 0 Å². The van der Waals surface area contributed by atoms with Crippen LogP contribution in [0.5, 0.6) is 0 Å². The Labute approximate surface area is 170 Å². The molecule has 1 aliphatic heterocycles. The van der Waals surface area contributed by atoms with Gasteiger partial charge in [-0.25, -0.2) is 8.42 Å². The molecule has 1 heterocycles. The molecule has 7 heteroatoms. The van der Waals surface area contributed by atoms with Crippen LogP contribution in [0.3, 0.4) is 0 Å². The molecule has 1 unspecified atom stereocenters. The van der Waals surface area contributed by atoms with Gasteiger partial charge < -0.3 is 11.1 Å². The van der Waals surface area contributed by atoms with Gasteiger partial charge in [0.15, 0.2) is 0 Å². The van der Waals surface area contributed by atoms with E-state index in [0.29, 0.717) is 13.0 Å². The first kappa shape index (κ1) is 19.6. The SMILES string of the molecule is NC(=O)C1CNCCN1S(=O)(=O)c1ccc(Cc2ccc3ccccc3c2)cc1. The molecular formula is C22H23N3O3S. The van der Waals surface area contributed by atoms with Crippen molar-refractivity contribution in [3.05, 3.63) is 77.9 Å². The van der Waals surface area contributed by atoms with Gasteiger partial charge in [0.05, 0.1) is 4.90 Å². The zero-order valence-electron chi connectivity index (χ0n) is 15.9. The number of hydrogen-bond donors (Lipinski definition) is 2. The minimum absolute atomic E-state index is 0.174. The van der Waals surface area contributed by atoms with Crippen molar-refractivity contribution in [3.63, 3.8) is 0 Å². The number of nitrogens with one attached hydrogen (secondary N) is 1. The number of sulfonamides is 1. The maximum atomic E-state index is 13.0. The average Bonchev–Trinajstić information content (AvgIpc) is 2.74. The Bertz CT molecular complexity index is 1140. The summed E-state index contributed by atoms with van der Waals surface area (Å²) in [6.45, 7) is 0.937. The molecule has 1 atom stereocenters. The molecule has 4 rings (SSSR count). The molecule has 3 N–H and O–H groups in total. The first-order valence-electron chi connectivity index (χ1n) is 9.54. The lowest BCUT2D eigenvalue weighted by Crippen LogP contribution is -2.58. The number of nitrogens with two attached hydrogens (primary N) is 1. The lowest BCUT2D eigenvalue weighted by Gasteiger charge is -2.33. The Morgan fingerprint density at radius 1 is 1.00 bits per heavy atom. The fraction of sp³-hybridized carbons (Fsp3) is 0.227. The highest BCUT2D eigenvalue weighted by Crippen LogP contribution is 2.22. The molecule has 150 valence electrons. The molecule has 0 aliphatic carbocycles. The van der Waals surface area contributed by atoms with Crippen LogP contribution in [-0.2, 0) is 21.2 Å². The number of nitrogens with zero attached hydrogens (tertiary/aromatic N) is 1. The van der Waals surface area contributed by atoms with Crippen molar-refractivity contribution < 1.29 is 13.2 Å². The molecule has 0 spiro atoms. The summed E-state index contributed by atoms with van der Waals surface area (Å²) in [4.78, 5) is 11.8. The summed E-state index contributed by atoms with van der Waals surface area (Å²) in [5, 5.41) is 5.39. The van der Waals surface area contributed by atoms with Gasteiger partial charge >= 0.3 is 0 Å². The summed E-state index contributed by atoms with van der Waals surface area (Å²) in [5.41, 5.74) is 7.58. The van der Waals surface area contributed by atoms with Crippen LogP contribution in [0.2, 0.25) is 0 Å². The molecule has 3 aromatic rings. The smallest absolute Gasteiger partial charge is 0.243 e. The first-order valence-corrected chi connectivity index (χ1v) is 11.0. The fourth-order valence-electron chi connectivity index (χ4n) is 3.72. The Kier molecular flexibility index (Phi) is 5.36. The van der Waals surface area contributed by atoms with Gasteiger partial charge in [-0.15, -0.1) is 0 Å². The van der Waals surface area contributed by atoms with Gasteiger partial charge in [0, 0.05) is 19.6 Å². The van der Waals surface area contributed by atoms with Crippen molar-refractivity contribution >= 4 is 26.7 Å². The second kappa shape index (κ2) is 7.94. The largest absolute Gasteiger partial charge is 0.368 e. The number of piperazine rings is 1. The number of carbonyl (C=O) groups excluding carboxylic acids is 1. The maximum absolute atomic E-state index is 13.0. The van der Waals surface area contributed by atoms with Crippen molar-refractivity contribution in [2.45, 2.75) is 17.4 Å². The predicted molar refractivity (Wildman–Crippen MR) is 113 cm³/mol. The molecule has 0 aromatic heterocycles. The summed E-state index contributed by atoms with van der Waals surface area (Å²) in [6, 6.07) is 20.5. The van der Waals surface area contributed by atoms with Crippen molar-refractivity contribution in [1.82, 2.24) is 9.62 Å². The highest BCUT2D eigenvalue weighted by molar-refractivity contribution is 7.89. The van der Waals surface area contributed by atoms with Crippen LogP contribution in [0, 0.1) is 0 Å². The van der Waals surface area contributed by atoms with Crippen LogP contribution < -0.4 is 11.1 Å². The van der Waals surface area contributed by atoms with E-state index in [9.17, 15) is 13.2 Å². The number of fused-ring (bicyclic) bond motifs is 1. The molecular weight excluding hydrogens is 386 g/mol. The van der Waals surface area contributed by atoms with Crippen LogP contribution >= 0.6 is 0 Å². The number of amides is 1. The topological polar surface area (TPSA) is 92.5 Å². The number of primary amides is 1. The molecule has 1 fully saturated rings. The van der Waals surface area contributed by atoms with E-state index in [0.717, 1.165) is 11.1 Å². The summed E-state index contributed by atoms with van der Waals surface area (Å²) < 4.78 is 27.2. The number of benzene rings is 3. The van der Waals surface area contributed by atoms with Gasteiger partial charge in [-0.2, -0.15) is 4.31 Å². The van der Waals surface area contributed by atoms with E-state index >= 15 is 0 Å².